The Hall–Kier alpha value is -3.09. The molecule has 2 heterocycles. The van der Waals surface area contributed by atoms with E-state index in [-0.39, 0.29) is 48.0 Å². The van der Waals surface area contributed by atoms with Crippen LogP contribution in [0.2, 0.25) is 5.15 Å². The molecule has 0 spiro atoms. The van der Waals surface area contributed by atoms with E-state index in [1.165, 1.54) is 13.8 Å². The lowest BCUT2D eigenvalue weighted by atomic mass is 9.92. The first kappa shape index (κ1) is 27.5. The van der Waals surface area contributed by atoms with E-state index in [0.717, 1.165) is 17.9 Å². The molecule has 2 atom stereocenters. The van der Waals surface area contributed by atoms with Gasteiger partial charge in [0, 0.05) is 24.9 Å². The van der Waals surface area contributed by atoms with Crippen LogP contribution in [-0.2, 0) is 31.4 Å². The Morgan fingerprint density at radius 2 is 1.83 bits per heavy atom. The Bertz CT molecular complexity index is 1170. The van der Waals surface area contributed by atoms with E-state index in [9.17, 15) is 35.9 Å². The molecule has 1 aliphatic rings. The number of fused-ring (bicyclic) bond motifs is 1. The van der Waals surface area contributed by atoms with Gasteiger partial charge in [0.15, 0.2) is 6.10 Å². The molecular weight excluding hydrogens is 520 g/mol. The van der Waals surface area contributed by atoms with Gasteiger partial charge in [0.2, 0.25) is 0 Å². The van der Waals surface area contributed by atoms with Crippen LogP contribution in [0.5, 0.6) is 0 Å². The van der Waals surface area contributed by atoms with Gasteiger partial charge >= 0.3 is 24.3 Å². The van der Waals surface area contributed by atoms with Crippen molar-refractivity contribution in [2.24, 2.45) is 0 Å². The van der Waals surface area contributed by atoms with E-state index in [0.29, 0.717) is 6.07 Å². The highest BCUT2D eigenvalue weighted by molar-refractivity contribution is 6.30. The number of anilines is 2. The Kier molecular flexibility index (Phi) is 7.72. The quantitative estimate of drug-likeness (QED) is 0.278. The predicted octanol–water partition coefficient (Wildman–Crippen LogP) is 5.60. The molecule has 7 nitrogen and oxygen atoms in total. The summed E-state index contributed by atoms with van der Waals surface area (Å²) in [6.45, 7) is 3.51. The number of aryl methyl sites for hydroxylation is 1. The molecule has 0 aliphatic carbocycles. The first-order valence-electron chi connectivity index (χ1n) is 10.5. The highest BCUT2D eigenvalue weighted by atomic mass is 35.5. The van der Waals surface area contributed by atoms with Crippen LogP contribution in [0.4, 0.5) is 37.8 Å². The number of carbonyl (C=O) groups is 2. The first-order chi connectivity index (χ1) is 16.6. The van der Waals surface area contributed by atoms with Crippen molar-refractivity contribution >= 4 is 35.0 Å². The molecule has 1 aromatic heterocycles. The van der Waals surface area contributed by atoms with Gasteiger partial charge in [0.1, 0.15) is 16.8 Å². The summed E-state index contributed by atoms with van der Waals surface area (Å²) in [5.74, 6) is -2.10. The number of nitrogens with zero attached hydrogens (tertiary/aromatic N) is 3. The minimum atomic E-state index is -5.10. The van der Waals surface area contributed by atoms with Gasteiger partial charge in [-0.3, -0.25) is 4.79 Å². The molecule has 0 N–H and O–H groups in total. The Labute approximate surface area is 206 Å². The smallest absolute Gasteiger partial charge is 0.418 e. The van der Waals surface area contributed by atoms with Crippen LogP contribution < -0.4 is 4.90 Å². The van der Waals surface area contributed by atoms with E-state index in [1.807, 2.05) is 0 Å². The van der Waals surface area contributed by atoms with Crippen molar-refractivity contribution in [1.82, 2.24) is 9.97 Å². The van der Waals surface area contributed by atoms with Crippen LogP contribution in [0, 0.1) is 6.92 Å². The third kappa shape index (κ3) is 6.00. The molecule has 1 aromatic carbocycles. The number of alkyl halides is 6. The molecule has 0 radical (unpaired) electrons. The van der Waals surface area contributed by atoms with E-state index in [2.05, 4.69) is 9.97 Å². The van der Waals surface area contributed by atoms with Crippen molar-refractivity contribution in [3.05, 3.63) is 45.9 Å². The third-order valence-corrected chi connectivity index (χ3v) is 5.67. The zero-order valence-corrected chi connectivity index (χ0v) is 19.9. The van der Waals surface area contributed by atoms with Crippen molar-refractivity contribution < 1.29 is 45.4 Å². The summed E-state index contributed by atoms with van der Waals surface area (Å²) >= 11 is 6.30. The molecule has 36 heavy (non-hydrogen) atoms. The number of ether oxygens (including phenoxy) is 2. The van der Waals surface area contributed by atoms with Crippen molar-refractivity contribution in [3.8, 4) is 0 Å². The topological polar surface area (TPSA) is 81.6 Å². The summed E-state index contributed by atoms with van der Waals surface area (Å²) in [5.41, 5.74) is -3.30. The van der Waals surface area contributed by atoms with Crippen LogP contribution in [-0.4, -0.2) is 41.2 Å². The molecular formula is C22H20ClF6N3O4. The normalized spacial score (nSPS) is 16.8. The molecule has 0 fully saturated rings. The van der Waals surface area contributed by atoms with Gasteiger partial charge in [-0.2, -0.15) is 26.3 Å². The summed E-state index contributed by atoms with van der Waals surface area (Å²) in [5, 5.41) is -0.100. The predicted molar refractivity (Wildman–Crippen MR) is 115 cm³/mol. The number of halogens is 7. The second kappa shape index (κ2) is 10.1. The maximum Gasteiger partial charge on any atom is 0.418 e. The fourth-order valence-corrected chi connectivity index (χ4v) is 4.16. The van der Waals surface area contributed by atoms with Crippen LogP contribution >= 0.6 is 11.6 Å². The van der Waals surface area contributed by atoms with E-state index in [4.69, 9.17) is 21.1 Å². The minimum Gasteiger partial charge on any atom is -0.462 e. The summed E-state index contributed by atoms with van der Waals surface area (Å²) in [4.78, 5) is 32.5. The summed E-state index contributed by atoms with van der Waals surface area (Å²) in [7, 11) is 0. The Balaban J connectivity index is 2.01. The van der Waals surface area contributed by atoms with Crippen molar-refractivity contribution in [2.45, 2.75) is 51.6 Å². The lowest BCUT2D eigenvalue weighted by molar-refractivity contribution is -0.165. The van der Waals surface area contributed by atoms with Gasteiger partial charge in [-0.25, -0.2) is 14.8 Å². The van der Waals surface area contributed by atoms with Crippen LogP contribution in [0.1, 0.15) is 48.7 Å². The fraction of sp³-hybridized carbons (Fsp3) is 0.455. The van der Waals surface area contributed by atoms with Crippen molar-refractivity contribution in [3.63, 3.8) is 0 Å². The molecule has 0 amide bonds. The van der Waals surface area contributed by atoms with E-state index in [1.54, 1.807) is 0 Å². The second-order valence-electron chi connectivity index (χ2n) is 8.05. The van der Waals surface area contributed by atoms with Gasteiger partial charge in [-0.1, -0.05) is 11.6 Å². The molecule has 0 unspecified atom stereocenters. The molecule has 0 saturated heterocycles. The zero-order valence-electron chi connectivity index (χ0n) is 19.1. The van der Waals surface area contributed by atoms with Crippen LogP contribution in [0.15, 0.2) is 18.2 Å². The minimum absolute atomic E-state index is 0.0434. The Morgan fingerprint density at radius 1 is 1.17 bits per heavy atom. The molecule has 14 heteroatoms. The number of hydrogen-bond acceptors (Lipinski definition) is 7. The van der Waals surface area contributed by atoms with Gasteiger partial charge in [-0.05, 0) is 38.5 Å². The molecule has 3 rings (SSSR count). The lowest BCUT2D eigenvalue weighted by Crippen LogP contribution is -2.33. The number of rotatable bonds is 5. The molecule has 2 aromatic rings. The van der Waals surface area contributed by atoms with Crippen LogP contribution in [0.25, 0.3) is 0 Å². The van der Waals surface area contributed by atoms with E-state index < -0.39 is 53.1 Å². The van der Waals surface area contributed by atoms with Crippen molar-refractivity contribution in [1.29, 1.82) is 0 Å². The highest BCUT2D eigenvalue weighted by Gasteiger charge is 2.41. The molecule has 1 aliphatic heterocycles. The lowest BCUT2D eigenvalue weighted by Gasteiger charge is -2.36. The molecule has 0 bridgehead atoms. The van der Waals surface area contributed by atoms with Crippen LogP contribution in [0.3, 0.4) is 0 Å². The average molecular weight is 540 g/mol. The van der Waals surface area contributed by atoms with Gasteiger partial charge in [0.25, 0.3) is 0 Å². The van der Waals surface area contributed by atoms with Gasteiger partial charge < -0.3 is 14.4 Å². The Morgan fingerprint density at radius 3 is 2.42 bits per heavy atom. The number of carbonyl (C=O) groups excluding carboxylic acids is 2. The molecule has 0 saturated carbocycles. The largest absolute Gasteiger partial charge is 0.462 e. The zero-order chi connectivity index (χ0) is 27.0. The van der Waals surface area contributed by atoms with E-state index >= 15 is 0 Å². The number of esters is 2. The third-order valence-electron chi connectivity index (χ3n) is 5.38. The number of hydrogen-bond donors (Lipinski definition) is 0. The maximum atomic E-state index is 13.8. The van der Waals surface area contributed by atoms with Crippen molar-refractivity contribution in [2.75, 3.05) is 18.1 Å². The molecule has 196 valence electrons. The SMILES string of the molecule is CC(=O)O[C@@H](C)C(=O)OC[C@@H]1CCN(c2ccc(C(F)(F)F)cc2C(F)(F)F)c2nc(C)nc(Cl)c21. The van der Waals surface area contributed by atoms with Gasteiger partial charge in [0.05, 0.1) is 23.4 Å². The first-order valence-corrected chi connectivity index (χ1v) is 10.9. The fourth-order valence-electron chi connectivity index (χ4n) is 3.80. The summed E-state index contributed by atoms with van der Waals surface area (Å²) < 4.78 is 90.7. The monoisotopic (exact) mass is 539 g/mol. The second-order valence-corrected chi connectivity index (χ2v) is 8.40. The standard InChI is InChI=1S/C22H20ClF6N3O4/c1-10(36-12(3)33)20(34)35-9-13-6-7-32(19-17(13)18(23)30-11(2)31-19)16-5-4-14(21(24,25)26)8-15(16)22(27,28)29/h4-5,8,10,13H,6-7,9H2,1-3H3/t10-,13-/m0/s1. The average Bonchev–Trinajstić information content (AvgIpc) is 2.74. The highest BCUT2D eigenvalue weighted by Crippen LogP contribution is 2.46. The van der Waals surface area contributed by atoms with Gasteiger partial charge in [-0.15, -0.1) is 0 Å². The summed E-state index contributed by atoms with van der Waals surface area (Å²) in [6, 6.07) is 1.35. The maximum absolute atomic E-state index is 13.8. The summed E-state index contributed by atoms with van der Waals surface area (Å²) in [6.07, 6.45) is -11.2. The number of aromatic nitrogens is 2. The number of benzene rings is 1.